The molecular formula is C20H24BNO. The quantitative estimate of drug-likeness (QED) is 0.670. The van der Waals surface area contributed by atoms with Gasteiger partial charge < -0.3 is 4.74 Å². The molecule has 0 saturated carbocycles. The van der Waals surface area contributed by atoms with Crippen LogP contribution < -0.4 is 4.74 Å². The van der Waals surface area contributed by atoms with Gasteiger partial charge in [0.25, 0.3) is 7.28 Å². The van der Waals surface area contributed by atoms with Crippen LogP contribution in [-0.4, -0.2) is 7.28 Å². The van der Waals surface area contributed by atoms with Gasteiger partial charge in [-0.15, -0.1) is 0 Å². The molecule has 0 spiro atoms. The molecule has 0 bridgehead atoms. The lowest BCUT2D eigenvalue weighted by molar-refractivity contribution is 0.306. The lowest BCUT2D eigenvalue weighted by Gasteiger charge is -2.15. The number of hydrogen-bond donors (Lipinski definition) is 0. The first-order chi connectivity index (χ1) is 11.2. The molecule has 2 aromatic carbocycles. The van der Waals surface area contributed by atoms with Crippen LogP contribution in [0, 0.1) is 17.1 Å². The molecule has 2 rings (SSSR count). The molecular weight excluding hydrogens is 281 g/mol. The van der Waals surface area contributed by atoms with E-state index in [0.717, 1.165) is 18.6 Å². The zero-order chi connectivity index (χ0) is 16.5. The van der Waals surface area contributed by atoms with Gasteiger partial charge in [0.15, 0.2) is 0 Å². The third kappa shape index (κ3) is 6.20. The second-order valence-corrected chi connectivity index (χ2v) is 6.48. The highest BCUT2D eigenvalue weighted by atomic mass is 16.5. The Morgan fingerprint density at radius 1 is 1.00 bits per heavy atom. The zero-order valence-corrected chi connectivity index (χ0v) is 14.0. The van der Waals surface area contributed by atoms with Gasteiger partial charge in [0.2, 0.25) is 0 Å². The fourth-order valence-corrected chi connectivity index (χ4v) is 2.83. The van der Waals surface area contributed by atoms with Crippen LogP contribution in [0.3, 0.4) is 0 Å². The molecule has 2 nitrogen and oxygen atoms in total. The first-order valence-electron chi connectivity index (χ1n) is 8.30. The minimum atomic E-state index is 0.441. The van der Waals surface area contributed by atoms with Crippen molar-refractivity contribution in [3.8, 4) is 11.7 Å². The normalized spacial score (nSPS) is 11.7. The Hall–Kier alpha value is -2.21. The number of nitrogens with zero attached hydrogens (tertiary/aromatic N) is 1. The zero-order valence-electron chi connectivity index (χ0n) is 14.0. The van der Waals surface area contributed by atoms with Gasteiger partial charge in [0.1, 0.15) is 12.4 Å². The van der Waals surface area contributed by atoms with Gasteiger partial charge in [-0.1, -0.05) is 62.7 Å². The molecule has 0 aliphatic rings. The van der Waals surface area contributed by atoms with Crippen molar-refractivity contribution in [1.29, 1.82) is 5.26 Å². The fourth-order valence-electron chi connectivity index (χ4n) is 2.83. The minimum Gasteiger partial charge on any atom is -0.489 e. The Labute approximate surface area is 140 Å². The highest BCUT2D eigenvalue weighted by molar-refractivity contribution is 6.46. The van der Waals surface area contributed by atoms with Crippen molar-refractivity contribution in [1.82, 2.24) is 0 Å². The van der Waals surface area contributed by atoms with Crippen LogP contribution in [0.25, 0.3) is 0 Å². The highest BCUT2D eigenvalue weighted by Crippen LogP contribution is 2.23. The summed E-state index contributed by atoms with van der Waals surface area (Å²) in [5.74, 6) is 4.27. The van der Waals surface area contributed by atoms with Gasteiger partial charge in [-0.2, -0.15) is 0 Å². The summed E-state index contributed by atoms with van der Waals surface area (Å²) < 4.78 is 5.81. The van der Waals surface area contributed by atoms with Crippen molar-refractivity contribution in [3.05, 3.63) is 65.7 Å². The van der Waals surface area contributed by atoms with Crippen LogP contribution in [0.1, 0.15) is 31.4 Å². The average molecular weight is 305 g/mol. The molecule has 3 heteroatoms. The molecule has 2 aromatic rings. The lowest BCUT2D eigenvalue weighted by atomic mass is 9.61. The van der Waals surface area contributed by atoms with Crippen LogP contribution >= 0.6 is 0 Å². The maximum atomic E-state index is 8.98. The minimum absolute atomic E-state index is 0.441. The van der Waals surface area contributed by atoms with Gasteiger partial charge in [-0.3, -0.25) is 0 Å². The predicted molar refractivity (Wildman–Crippen MR) is 96.9 cm³/mol. The van der Waals surface area contributed by atoms with Crippen molar-refractivity contribution < 1.29 is 4.74 Å². The van der Waals surface area contributed by atoms with E-state index in [2.05, 4.69) is 44.1 Å². The van der Waals surface area contributed by atoms with E-state index in [-0.39, 0.29) is 0 Å². The SMILES string of the molecule is CC(C)CC(BC#N)Cc1ccc(OCc2ccccc2)cc1. The summed E-state index contributed by atoms with van der Waals surface area (Å²) in [6, 6.07) is 18.5. The molecule has 0 fully saturated rings. The first-order valence-corrected chi connectivity index (χ1v) is 8.30. The molecule has 0 N–H and O–H groups in total. The Balaban J connectivity index is 1.89. The smallest absolute Gasteiger partial charge is 0.253 e. The maximum Gasteiger partial charge on any atom is 0.253 e. The van der Waals surface area contributed by atoms with Crippen LogP contribution in [-0.2, 0) is 13.0 Å². The Kier molecular flexibility index (Phi) is 6.75. The summed E-state index contributed by atoms with van der Waals surface area (Å²) in [6.07, 6.45) is 2.06. The van der Waals surface area contributed by atoms with Gasteiger partial charge in [-0.05, 0) is 47.4 Å². The Morgan fingerprint density at radius 3 is 2.30 bits per heavy atom. The van der Waals surface area contributed by atoms with E-state index in [1.807, 2.05) is 30.3 Å². The summed E-state index contributed by atoms with van der Waals surface area (Å²) in [7, 11) is 0.629. The summed E-state index contributed by atoms with van der Waals surface area (Å²) in [6.45, 7) is 5.01. The summed E-state index contributed by atoms with van der Waals surface area (Å²) >= 11 is 0. The lowest BCUT2D eigenvalue weighted by Crippen LogP contribution is -2.09. The summed E-state index contributed by atoms with van der Waals surface area (Å²) in [5.41, 5.74) is 2.44. The van der Waals surface area contributed by atoms with Crippen LogP contribution in [0.4, 0.5) is 0 Å². The van der Waals surface area contributed by atoms with Crippen molar-refractivity contribution in [2.24, 2.45) is 5.92 Å². The number of ether oxygens (including phenoxy) is 1. The second kappa shape index (κ2) is 9.05. The van der Waals surface area contributed by atoms with E-state index in [9.17, 15) is 0 Å². The number of hydrogen-bond acceptors (Lipinski definition) is 2. The molecule has 1 atom stereocenters. The third-order valence-electron chi connectivity index (χ3n) is 3.88. The third-order valence-corrected chi connectivity index (χ3v) is 3.88. The van der Waals surface area contributed by atoms with Gasteiger partial charge >= 0.3 is 0 Å². The van der Waals surface area contributed by atoms with Crippen LogP contribution in [0.15, 0.2) is 54.6 Å². The maximum absolute atomic E-state index is 8.98. The molecule has 0 aliphatic heterocycles. The molecule has 118 valence electrons. The fraction of sp³-hybridized carbons (Fsp3) is 0.350. The van der Waals surface area contributed by atoms with Crippen molar-refractivity contribution in [3.63, 3.8) is 0 Å². The van der Waals surface area contributed by atoms with Crippen molar-refractivity contribution in [2.75, 3.05) is 0 Å². The van der Waals surface area contributed by atoms with Gasteiger partial charge in [-0.25, -0.2) is 5.26 Å². The van der Waals surface area contributed by atoms with E-state index in [4.69, 9.17) is 10.00 Å². The molecule has 0 aliphatic carbocycles. The van der Waals surface area contributed by atoms with E-state index in [1.165, 1.54) is 11.1 Å². The monoisotopic (exact) mass is 305 g/mol. The molecule has 0 radical (unpaired) electrons. The summed E-state index contributed by atoms with van der Waals surface area (Å²) in [5, 5.41) is 8.98. The average Bonchev–Trinajstić information content (AvgIpc) is 2.55. The molecule has 0 aromatic heterocycles. The van der Waals surface area contributed by atoms with E-state index in [1.54, 1.807) is 0 Å². The number of benzene rings is 2. The van der Waals surface area contributed by atoms with Crippen molar-refractivity contribution in [2.45, 2.75) is 39.1 Å². The highest BCUT2D eigenvalue weighted by Gasteiger charge is 2.13. The number of rotatable bonds is 8. The molecule has 1 unspecified atom stereocenters. The van der Waals surface area contributed by atoms with Crippen LogP contribution in [0.5, 0.6) is 5.75 Å². The molecule has 0 amide bonds. The standard InChI is InChI=1S/C20H24BNO/c1-16(2)12-19(21-15-22)13-17-8-10-20(11-9-17)23-14-18-6-4-3-5-7-18/h3-11,16,19,21H,12-14H2,1-2H3. The Bertz CT molecular complexity index is 616. The second-order valence-electron chi connectivity index (χ2n) is 6.48. The van der Waals surface area contributed by atoms with E-state index >= 15 is 0 Å². The molecule has 23 heavy (non-hydrogen) atoms. The largest absolute Gasteiger partial charge is 0.489 e. The van der Waals surface area contributed by atoms with E-state index < -0.39 is 0 Å². The van der Waals surface area contributed by atoms with Gasteiger partial charge in [0.05, 0.1) is 0 Å². The number of nitriles is 1. The molecule has 0 heterocycles. The topological polar surface area (TPSA) is 33.0 Å². The van der Waals surface area contributed by atoms with E-state index in [0.29, 0.717) is 25.6 Å². The molecule has 0 saturated heterocycles. The first kappa shape index (κ1) is 17.2. The predicted octanol–water partition coefficient (Wildman–Crippen LogP) is 4.56. The van der Waals surface area contributed by atoms with Crippen molar-refractivity contribution >= 4 is 7.28 Å². The summed E-state index contributed by atoms with van der Waals surface area (Å²) in [4.78, 5) is 0. The Morgan fingerprint density at radius 2 is 1.70 bits per heavy atom. The van der Waals surface area contributed by atoms with Crippen LogP contribution in [0.2, 0.25) is 5.82 Å². The van der Waals surface area contributed by atoms with Gasteiger partial charge in [0, 0.05) is 0 Å².